The van der Waals surface area contributed by atoms with Crippen LogP contribution < -0.4 is 20.2 Å². The van der Waals surface area contributed by atoms with Gasteiger partial charge >= 0.3 is 64.9 Å². The van der Waals surface area contributed by atoms with Crippen molar-refractivity contribution < 1.29 is 100 Å². The number of imidazole rings is 2. The molecule has 6 rings (SSSR count). The second kappa shape index (κ2) is 19.9. The van der Waals surface area contributed by atoms with Crippen molar-refractivity contribution >= 4 is 106 Å². The molecule has 4 aromatic heterocycles. The number of nitrogens with two attached hydrogens (primary N) is 1. The van der Waals surface area contributed by atoms with Crippen LogP contribution in [-0.2, 0) is 71.5 Å². The number of rotatable bonds is 10. The van der Waals surface area contributed by atoms with Crippen molar-refractivity contribution in [1.82, 2.24) is 39.0 Å². The fourth-order valence-corrected chi connectivity index (χ4v) is 9.78. The van der Waals surface area contributed by atoms with Gasteiger partial charge in [-0.05, 0) is 83.1 Å². The molecule has 25 nitrogen and oxygen atoms in total. The van der Waals surface area contributed by atoms with Crippen LogP contribution >= 0.6 is 83.3 Å². The van der Waals surface area contributed by atoms with Crippen molar-refractivity contribution in [3.05, 3.63) is 35.7 Å². The molecule has 65 heavy (non-hydrogen) atoms. The topological polar surface area (TPSA) is 381 Å². The summed E-state index contributed by atoms with van der Waals surface area (Å²) >= 11 is 7.39. The van der Waals surface area contributed by atoms with E-state index in [9.17, 15) is 48.8 Å². The minimum absolute atomic E-state index is 0. The zero-order valence-corrected chi connectivity index (χ0v) is 48.8. The molecule has 2 aliphatic heterocycles. The van der Waals surface area contributed by atoms with Crippen LogP contribution in [0.4, 0.5) is 0 Å². The molecule has 0 saturated carbocycles. The number of fused-ring (bicyclic) bond motifs is 2. The van der Waals surface area contributed by atoms with Crippen molar-refractivity contribution in [2.24, 2.45) is 5.50 Å². The Bertz CT molecular complexity index is 2560. The molecule has 0 spiro atoms. The molecule has 0 amide bonds. The quantitative estimate of drug-likeness (QED) is 0.0975. The summed E-state index contributed by atoms with van der Waals surface area (Å²) in [5.74, 6) is 0.919. The van der Waals surface area contributed by atoms with E-state index in [-0.39, 0.29) is 23.5 Å². The second-order valence-corrected chi connectivity index (χ2v) is 55.9. The maximum atomic E-state index is 11.9. The summed E-state index contributed by atoms with van der Waals surface area (Å²) in [5.41, 5.74) is -7.62. The number of aryl methyl sites for hydroxylation is 4. The predicted octanol–water partition coefficient (Wildman–Crippen LogP) is 1.87. The second-order valence-electron chi connectivity index (χ2n) is 16.5. The van der Waals surface area contributed by atoms with Crippen LogP contribution in [0.2, 0.25) is 0 Å². The van der Waals surface area contributed by atoms with Crippen molar-refractivity contribution in [1.29, 1.82) is 0 Å². The number of hydrogen-bond donors (Lipinski definition) is 6. The maximum absolute atomic E-state index is 11.9. The summed E-state index contributed by atoms with van der Waals surface area (Å²) in [4.78, 5) is 68.4. The van der Waals surface area contributed by atoms with Crippen LogP contribution in [0.5, 0.6) is 0 Å². The molecular weight excluding hydrogens is 1340 g/mol. The Balaban J connectivity index is 0.000000317. The predicted molar refractivity (Wildman–Crippen MR) is 243 cm³/mol. The van der Waals surface area contributed by atoms with E-state index in [0.717, 1.165) is 0 Å². The number of nitrogens with zero attached hydrogens (tertiary/aromatic N) is 8. The number of halogens is 3. The third kappa shape index (κ3) is 11.5. The van der Waals surface area contributed by atoms with E-state index < -0.39 is 81.7 Å². The molecule has 6 heterocycles. The minimum atomic E-state index is -5.42. The zero-order chi connectivity index (χ0) is 49.5. The smallest absolute Gasteiger partial charge is 0 e. The molecule has 2 saturated heterocycles. The summed E-state index contributed by atoms with van der Waals surface area (Å²) in [6, 6.07) is 0. The Morgan fingerprint density at radius 3 is 1.31 bits per heavy atom. The molecule has 11 unspecified atom stereocenters. The van der Waals surface area contributed by atoms with Gasteiger partial charge in [-0.2, -0.15) is 0 Å². The first-order valence-electron chi connectivity index (χ1n) is 18.4. The van der Waals surface area contributed by atoms with Crippen molar-refractivity contribution in [3.63, 3.8) is 0 Å². The molecule has 4 aromatic rings. The Labute approximate surface area is 423 Å². The summed E-state index contributed by atoms with van der Waals surface area (Å²) in [7, 11) is -15.7. The minimum Gasteiger partial charge on any atom is 0 e. The van der Waals surface area contributed by atoms with Gasteiger partial charge in [0.2, 0.25) is 7.75 Å². The summed E-state index contributed by atoms with van der Waals surface area (Å²) in [6.07, 6.45) is 2.76. The molecule has 0 aromatic carbocycles. The SMILES string of the molecule is Cc1nc(C)c2ncn(C3(C)OC(C)(COP(=O)([O-])O)C(C)(O)C3(C)O)c2n1.Cc1nc(C)c2ncn(C3(C)OC(C)(COP(=O)([O-])OP(N)(=O)[O-])C(C)(O)C3(C)O)c2n1.[I][V]([I])[I].[V]. The average molecular weight is 1390 g/mol. The van der Waals surface area contributed by atoms with E-state index in [0.29, 0.717) is 45.4 Å². The van der Waals surface area contributed by atoms with Crippen LogP contribution in [0.1, 0.15) is 78.4 Å². The van der Waals surface area contributed by atoms with Gasteiger partial charge in [-0.15, -0.1) is 0 Å². The van der Waals surface area contributed by atoms with Gasteiger partial charge in [0.15, 0.2) is 22.7 Å². The van der Waals surface area contributed by atoms with Gasteiger partial charge < -0.3 is 58.5 Å². The number of aliphatic hydroxyl groups is 4. The Morgan fingerprint density at radius 2 is 1.00 bits per heavy atom. The van der Waals surface area contributed by atoms with E-state index in [1.54, 1.807) is 27.7 Å². The summed E-state index contributed by atoms with van der Waals surface area (Å²) in [5, 5.41) is 45.2. The van der Waals surface area contributed by atoms with Gasteiger partial charge in [0.05, 0.1) is 37.3 Å². The normalized spacial score (nSPS) is 35.1. The van der Waals surface area contributed by atoms with E-state index >= 15 is 0 Å². The number of ether oxygens (including phenoxy) is 2. The van der Waals surface area contributed by atoms with Gasteiger partial charge in [-0.25, -0.2) is 29.9 Å². The van der Waals surface area contributed by atoms with Crippen LogP contribution in [-0.4, -0.2) is 111 Å². The Hall–Kier alpha value is 0.589. The fourth-order valence-electron chi connectivity index (χ4n) is 7.67. The van der Waals surface area contributed by atoms with Gasteiger partial charge in [-0.3, -0.25) is 32.6 Å². The third-order valence-electron chi connectivity index (χ3n) is 12.1. The van der Waals surface area contributed by atoms with Gasteiger partial charge in [0.25, 0.3) is 15.6 Å². The van der Waals surface area contributed by atoms with Gasteiger partial charge in [-0.1, -0.05) is 0 Å². The first-order valence-corrected chi connectivity index (χ1v) is 36.5. The maximum Gasteiger partial charge on any atom is 0 e. The largest absolute Gasteiger partial charge is 0 e. The molecule has 367 valence electrons. The summed E-state index contributed by atoms with van der Waals surface area (Å²) < 4.78 is 61.8. The van der Waals surface area contributed by atoms with Crippen LogP contribution in [0.15, 0.2) is 12.7 Å². The van der Waals surface area contributed by atoms with Crippen molar-refractivity contribution in [3.8, 4) is 0 Å². The van der Waals surface area contributed by atoms with Gasteiger partial charge in [0.1, 0.15) is 56.3 Å². The van der Waals surface area contributed by atoms with Gasteiger partial charge in [0, 0.05) is 18.6 Å². The monoisotopic (exact) mass is 1390 g/mol. The molecule has 33 heteroatoms. The number of phosphoric ester groups is 2. The Morgan fingerprint density at radius 1 is 0.677 bits per heavy atom. The molecule has 1 radical (unpaired) electrons. The molecule has 2 fully saturated rings. The standard InChI is InChI=1S/C16H27N5O9P2.C16H25N4O7P.3HI.2V/c1-9-11-12(20-10(2)19-9)21(8-18-11)16(6)15(5,23)14(4,22)13(3,29-16)7-28-32(26,27)30-31(17,24)25;1-9-11-12(19-10(2)18-9)20(8-17-11)16(6)15(5,22)14(4,21)13(3,27-16)7-26-28(23,24)25;;;;;/h8,22-23H,7H2,1-6H3,(H,26,27)(H3,17,24,25);8,21-22H,7H2,1-6H3,(H2,23,24,25);3*1H;;/q;;;;;;+3/p-6. The zero-order valence-electron chi connectivity index (χ0n) is 36.8. The molecule has 0 aliphatic carbocycles. The van der Waals surface area contributed by atoms with Crippen LogP contribution in [0.3, 0.4) is 0 Å². The van der Waals surface area contributed by atoms with E-state index in [1.807, 2.05) is 0 Å². The van der Waals surface area contributed by atoms with Crippen molar-refractivity contribution in [2.75, 3.05) is 13.2 Å². The Kier molecular flexibility index (Phi) is 18.3. The van der Waals surface area contributed by atoms with E-state index in [2.05, 4.69) is 109 Å². The molecule has 2 aliphatic rings. The third-order valence-corrected chi connectivity index (χ3v) is 14.7. The first-order chi connectivity index (χ1) is 28.6. The van der Waals surface area contributed by atoms with Crippen molar-refractivity contribution in [2.45, 2.75) is 128 Å². The van der Waals surface area contributed by atoms with Crippen LogP contribution in [0, 0.1) is 27.7 Å². The molecule has 11 atom stereocenters. The number of aromatic nitrogens is 8. The number of phosphoric acid groups is 2. The van der Waals surface area contributed by atoms with E-state index in [4.69, 9.17) is 14.4 Å². The molecule has 7 N–H and O–H groups in total. The first kappa shape index (κ1) is 59.9. The molecular formula is C32H49I3N9O16P3V2-3. The number of hydrogen-bond acceptors (Lipinski definition) is 21. The fraction of sp³-hybridized carbons (Fsp3) is 0.688. The average Bonchev–Trinajstić information content (AvgIpc) is 3.78. The summed E-state index contributed by atoms with van der Waals surface area (Å²) in [6.45, 7) is 16.1. The van der Waals surface area contributed by atoms with E-state index in [1.165, 1.54) is 77.2 Å². The van der Waals surface area contributed by atoms with Crippen LogP contribution in [0.25, 0.3) is 22.3 Å². The molecule has 0 bridgehead atoms.